The first-order valence-electron chi connectivity index (χ1n) is 8.84. The number of ether oxygens (including phenoxy) is 1. The number of rotatable bonds is 8. The molecule has 28 heavy (non-hydrogen) atoms. The highest BCUT2D eigenvalue weighted by molar-refractivity contribution is 14.0. The Hall–Kier alpha value is -1.91. The van der Waals surface area contributed by atoms with Crippen molar-refractivity contribution in [3.05, 3.63) is 48.0 Å². The minimum atomic E-state index is -2.81. The molecule has 0 saturated heterocycles. The average Bonchev–Trinajstić information content (AvgIpc) is 3.03. The van der Waals surface area contributed by atoms with Gasteiger partial charge in [0.15, 0.2) is 5.96 Å². The van der Waals surface area contributed by atoms with Crippen LogP contribution >= 0.6 is 24.0 Å². The lowest BCUT2D eigenvalue weighted by Crippen LogP contribution is -2.38. The van der Waals surface area contributed by atoms with Crippen LogP contribution in [0.25, 0.3) is 0 Å². The van der Waals surface area contributed by atoms with Gasteiger partial charge >= 0.3 is 6.61 Å². The van der Waals surface area contributed by atoms with Crippen LogP contribution in [0.3, 0.4) is 0 Å². The number of halogens is 3. The predicted octanol–water partition coefficient (Wildman–Crippen LogP) is 3.97. The van der Waals surface area contributed by atoms with Gasteiger partial charge in [0.25, 0.3) is 0 Å². The summed E-state index contributed by atoms with van der Waals surface area (Å²) < 4.78 is 30.9. The standard InChI is InChI=1S/C19H27F2N5O.HI/c1-14(2)12-26-10-9-23-17(26)11-24-19(22-3)25(4)13-15-5-7-16(8-6-15)27-18(20)21;/h5-10,14,18H,11-13H2,1-4H3,(H,22,24);1H. The molecule has 0 atom stereocenters. The quantitative estimate of drug-likeness (QED) is 0.334. The van der Waals surface area contributed by atoms with Crippen LogP contribution in [0.5, 0.6) is 5.75 Å². The molecule has 6 nitrogen and oxygen atoms in total. The van der Waals surface area contributed by atoms with Crippen molar-refractivity contribution in [1.29, 1.82) is 0 Å². The summed E-state index contributed by atoms with van der Waals surface area (Å²) in [6.45, 7) is 3.58. The highest BCUT2D eigenvalue weighted by Crippen LogP contribution is 2.15. The summed E-state index contributed by atoms with van der Waals surface area (Å²) in [7, 11) is 3.64. The molecule has 1 aromatic carbocycles. The topological polar surface area (TPSA) is 54.7 Å². The molecule has 0 radical (unpaired) electrons. The molecule has 0 aliphatic carbocycles. The number of aliphatic imine (C=N–C) groups is 1. The van der Waals surface area contributed by atoms with Crippen molar-refractivity contribution in [3.63, 3.8) is 0 Å². The zero-order chi connectivity index (χ0) is 19.8. The van der Waals surface area contributed by atoms with Crippen LogP contribution in [0.4, 0.5) is 8.78 Å². The first-order chi connectivity index (χ1) is 12.9. The molecule has 9 heteroatoms. The molecule has 156 valence electrons. The fourth-order valence-electron chi connectivity index (χ4n) is 2.73. The summed E-state index contributed by atoms with van der Waals surface area (Å²) in [6, 6.07) is 6.59. The predicted molar refractivity (Wildman–Crippen MR) is 117 cm³/mol. The van der Waals surface area contributed by atoms with Crippen LogP contribution in [0.1, 0.15) is 25.2 Å². The van der Waals surface area contributed by atoms with E-state index >= 15 is 0 Å². The van der Waals surface area contributed by atoms with Gasteiger partial charge in [-0.2, -0.15) is 8.78 Å². The van der Waals surface area contributed by atoms with Gasteiger partial charge in [-0.15, -0.1) is 24.0 Å². The Morgan fingerprint density at radius 3 is 2.54 bits per heavy atom. The van der Waals surface area contributed by atoms with Crippen LogP contribution < -0.4 is 10.1 Å². The Kier molecular flexibility index (Phi) is 10.2. The fraction of sp³-hybridized carbons (Fsp3) is 0.474. The van der Waals surface area contributed by atoms with Gasteiger partial charge in [-0.1, -0.05) is 26.0 Å². The number of nitrogens with zero attached hydrogens (tertiary/aromatic N) is 4. The summed E-state index contributed by atoms with van der Waals surface area (Å²) in [6.07, 6.45) is 3.78. The minimum absolute atomic E-state index is 0. The highest BCUT2D eigenvalue weighted by Gasteiger charge is 2.10. The summed E-state index contributed by atoms with van der Waals surface area (Å²) in [4.78, 5) is 10.7. The lowest BCUT2D eigenvalue weighted by atomic mass is 10.2. The number of hydrogen-bond acceptors (Lipinski definition) is 3. The van der Waals surface area contributed by atoms with Gasteiger partial charge in [-0.3, -0.25) is 4.99 Å². The van der Waals surface area contributed by atoms with E-state index in [1.807, 2.05) is 18.1 Å². The van der Waals surface area contributed by atoms with Gasteiger partial charge in [-0.05, 0) is 23.6 Å². The highest BCUT2D eigenvalue weighted by atomic mass is 127. The smallest absolute Gasteiger partial charge is 0.387 e. The molecule has 1 aromatic heterocycles. The SMILES string of the molecule is CN=C(NCc1nccn1CC(C)C)N(C)Cc1ccc(OC(F)F)cc1.I. The molecule has 0 unspecified atom stereocenters. The number of guanidine groups is 1. The van der Waals surface area contributed by atoms with Crippen molar-refractivity contribution in [2.24, 2.45) is 10.9 Å². The second-order valence-electron chi connectivity index (χ2n) is 6.67. The molecule has 2 rings (SSSR count). The van der Waals surface area contributed by atoms with Crippen LogP contribution in [0, 0.1) is 5.92 Å². The fourth-order valence-corrected chi connectivity index (χ4v) is 2.73. The maximum absolute atomic E-state index is 12.2. The second kappa shape index (κ2) is 11.8. The number of aromatic nitrogens is 2. The van der Waals surface area contributed by atoms with Crippen molar-refractivity contribution < 1.29 is 13.5 Å². The third-order valence-electron chi connectivity index (χ3n) is 3.91. The van der Waals surface area contributed by atoms with Crippen molar-refractivity contribution in [1.82, 2.24) is 19.8 Å². The molecular formula is C19H28F2IN5O. The molecule has 0 bridgehead atoms. The lowest BCUT2D eigenvalue weighted by molar-refractivity contribution is -0.0498. The summed E-state index contributed by atoms with van der Waals surface area (Å²) in [5.74, 6) is 2.36. The maximum atomic E-state index is 12.2. The molecule has 0 aliphatic heterocycles. The van der Waals surface area contributed by atoms with Crippen molar-refractivity contribution in [2.45, 2.75) is 40.1 Å². The first-order valence-corrected chi connectivity index (χ1v) is 8.84. The van der Waals surface area contributed by atoms with E-state index in [1.54, 1.807) is 25.4 Å². The Labute approximate surface area is 182 Å². The van der Waals surface area contributed by atoms with Gasteiger partial charge < -0.3 is 19.5 Å². The molecule has 2 aromatic rings. The van der Waals surface area contributed by atoms with Crippen LogP contribution in [0.15, 0.2) is 41.7 Å². The molecule has 0 saturated carbocycles. The minimum Gasteiger partial charge on any atom is -0.435 e. The molecule has 0 aliphatic rings. The number of imidazole rings is 1. The molecule has 0 amide bonds. The summed E-state index contributed by atoms with van der Waals surface area (Å²) >= 11 is 0. The maximum Gasteiger partial charge on any atom is 0.387 e. The molecule has 0 fully saturated rings. The number of alkyl halides is 2. The van der Waals surface area contributed by atoms with E-state index in [1.165, 1.54) is 12.1 Å². The first kappa shape index (κ1) is 24.1. The van der Waals surface area contributed by atoms with Gasteiger partial charge in [0.1, 0.15) is 11.6 Å². The van der Waals surface area contributed by atoms with E-state index in [4.69, 9.17) is 0 Å². The van der Waals surface area contributed by atoms with E-state index in [0.29, 0.717) is 19.0 Å². The molecular weight excluding hydrogens is 479 g/mol. The van der Waals surface area contributed by atoms with Crippen molar-refractivity contribution in [2.75, 3.05) is 14.1 Å². The number of benzene rings is 1. The van der Waals surface area contributed by atoms with Crippen molar-refractivity contribution in [3.8, 4) is 5.75 Å². The normalized spacial score (nSPS) is 11.5. The Morgan fingerprint density at radius 1 is 1.29 bits per heavy atom. The van der Waals surface area contributed by atoms with E-state index in [2.05, 4.69) is 38.4 Å². The molecule has 1 N–H and O–H groups in total. The average molecular weight is 507 g/mol. The summed E-state index contributed by atoms with van der Waals surface area (Å²) in [5, 5.41) is 3.31. The number of hydrogen-bond donors (Lipinski definition) is 1. The molecule has 1 heterocycles. The Bertz CT molecular complexity index is 734. The van der Waals surface area contributed by atoms with Gasteiger partial charge in [0, 0.05) is 39.6 Å². The summed E-state index contributed by atoms with van der Waals surface area (Å²) in [5.41, 5.74) is 0.961. The molecule has 0 spiro atoms. The Balaban J connectivity index is 0.00000392. The van der Waals surface area contributed by atoms with Crippen LogP contribution in [-0.2, 0) is 19.6 Å². The Morgan fingerprint density at radius 2 is 1.96 bits per heavy atom. The van der Waals surface area contributed by atoms with E-state index in [0.717, 1.165) is 23.9 Å². The van der Waals surface area contributed by atoms with Crippen LogP contribution in [0.2, 0.25) is 0 Å². The van der Waals surface area contributed by atoms with Crippen LogP contribution in [-0.4, -0.2) is 41.1 Å². The lowest BCUT2D eigenvalue weighted by Gasteiger charge is -2.22. The van der Waals surface area contributed by atoms with E-state index in [9.17, 15) is 8.78 Å². The monoisotopic (exact) mass is 507 g/mol. The van der Waals surface area contributed by atoms with Gasteiger partial charge in [0.05, 0.1) is 6.54 Å². The zero-order valence-corrected chi connectivity index (χ0v) is 18.9. The zero-order valence-electron chi connectivity index (χ0n) is 16.6. The largest absolute Gasteiger partial charge is 0.435 e. The van der Waals surface area contributed by atoms with E-state index < -0.39 is 6.61 Å². The van der Waals surface area contributed by atoms with E-state index in [-0.39, 0.29) is 29.7 Å². The second-order valence-corrected chi connectivity index (χ2v) is 6.67. The third kappa shape index (κ3) is 7.61. The number of nitrogens with one attached hydrogen (secondary N) is 1. The van der Waals surface area contributed by atoms with Crippen molar-refractivity contribution >= 4 is 29.9 Å². The van der Waals surface area contributed by atoms with Gasteiger partial charge in [0.2, 0.25) is 0 Å². The van der Waals surface area contributed by atoms with Gasteiger partial charge in [-0.25, -0.2) is 4.98 Å². The third-order valence-corrected chi connectivity index (χ3v) is 3.91.